The van der Waals surface area contributed by atoms with Crippen LogP contribution in [0, 0.1) is 29.6 Å². The van der Waals surface area contributed by atoms with Gasteiger partial charge in [-0.05, 0) is 49.4 Å². The SMILES string of the molecule is CCc1cn[nH]c1NC(=O)C1C2C3CCC(C3)C12. The minimum absolute atomic E-state index is 0.223. The van der Waals surface area contributed by atoms with Gasteiger partial charge in [0.2, 0.25) is 5.91 Å². The molecule has 4 heteroatoms. The number of H-pyrrole nitrogens is 1. The Morgan fingerprint density at radius 3 is 2.83 bits per heavy atom. The fourth-order valence-electron chi connectivity index (χ4n) is 4.57. The van der Waals surface area contributed by atoms with Gasteiger partial charge in [-0.3, -0.25) is 9.89 Å². The van der Waals surface area contributed by atoms with E-state index in [0.717, 1.165) is 29.6 Å². The van der Waals surface area contributed by atoms with Crippen LogP contribution in [0.4, 0.5) is 5.82 Å². The molecule has 2 bridgehead atoms. The third-order valence-electron chi connectivity index (χ3n) is 5.39. The van der Waals surface area contributed by atoms with Crippen LogP contribution in [-0.4, -0.2) is 16.1 Å². The predicted molar refractivity (Wildman–Crippen MR) is 67.9 cm³/mol. The molecule has 18 heavy (non-hydrogen) atoms. The van der Waals surface area contributed by atoms with E-state index in [-0.39, 0.29) is 5.91 Å². The standard InChI is InChI=1S/C14H19N3O/c1-2-7-6-15-17-13(7)16-14(18)12-10-8-3-4-9(5-8)11(10)12/h6,8-12H,2-5H2,1H3,(H2,15,16,17,18). The summed E-state index contributed by atoms with van der Waals surface area (Å²) < 4.78 is 0. The van der Waals surface area contributed by atoms with Crippen LogP contribution in [0.1, 0.15) is 31.7 Å². The Hall–Kier alpha value is -1.32. The number of amides is 1. The fourth-order valence-corrected chi connectivity index (χ4v) is 4.57. The smallest absolute Gasteiger partial charge is 0.229 e. The average Bonchev–Trinajstić information content (AvgIpc) is 2.73. The number of rotatable bonds is 3. The number of carbonyl (C=O) groups excluding carboxylic acids is 1. The highest BCUT2D eigenvalue weighted by Gasteiger charge is 2.67. The van der Waals surface area contributed by atoms with E-state index in [9.17, 15) is 4.79 Å². The van der Waals surface area contributed by atoms with Crippen LogP contribution in [0.3, 0.4) is 0 Å². The first-order valence-corrected chi connectivity index (χ1v) is 7.12. The molecule has 4 rings (SSSR count). The van der Waals surface area contributed by atoms with Crippen LogP contribution in [-0.2, 0) is 11.2 Å². The zero-order valence-electron chi connectivity index (χ0n) is 10.6. The van der Waals surface area contributed by atoms with E-state index in [1.54, 1.807) is 6.20 Å². The monoisotopic (exact) mass is 245 g/mol. The fraction of sp³-hybridized carbons (Fsp3) is 0.714. The summed E-state index contributed by atoms with van der Waals surface area (Å²) in [7, 11) is 0. The number of anilines is 1. The Balaban J connectivity index is 1.47. The molecule has 3 fully saturated rings. The van der Waals surface area contributed by atoms with Gasteiger partial charge in [-0.2, -0.15) is 5.10 Å². The van der Waals surface area contributed by atoms with E-state index in [2.05, 4.69) is 22.4 Å². The molecule has 1 amide bonds. The van der Waals surface area contributed by atoms with Crippen molar-refractivity contribution in [3.63, 3.8) is 0 Å². The van der Waals surface area contributed by atoms with Gasteiger partial charge in [0.25, 0.3) is 0 Å². The van der Waals surface area contributed by atoms with E-state index < -0.39 is 0 Å². The van der Waals surface area contributed by atoms with Crippen molar-refractivity contribution in [1.29, 1.82) is 0 Å². The molecule has 3 aliphatic carbocycles. The summed E-state index contributed by atoms with van der Waals surface area (Å²) >= 11 is 0. The maximum Gasteiger partial charge on any atom is 0.229 e. The van der Waals surface area contributed by atoms with Gasteiger partial charge in [-0.1, -0.05) is 6.92 Å². The minimum atomic E-state index is 0.223. The molecule has 4 nitrogen and oxygen atoms in total. The zero-order chi connectivity index (χ0) is 12.3. The van der Waals surface area contributed by atoms with Crippen LogP contribution in [0.5, 0.6) is 0 Å². The van der Waals surface area contributed by atoms with Crippen molar-refractivity contribution in [3.8, 4) is 0 Å². The molecule has 2 N–H and O–H groups in total. The van der Waals surface area contributed by atoms with Crippen molar-refractivity contribution in [2.75, 3.05) is 5.32 Å². The lowest BCUT2D eigenvalue weighted by Gasteiger charge is -2.09. The van der Waals surface area contributed by atoms with E-state index in [0.29, 0.717) is 17.8 Å². The topological polar surface area (TPSA) is 57.8 Å². The van der Waals surface area contributed by atoms with Crippen molar-refractivity contribution in [2.45, 2.75) is 32.6 Å². The van der Waals surface area contributed by atoms with E-state index >= 15 is 0 Å². The predicted octanol–water partition coefficient (Wildman–Crippen LogP) is 2.20. The van der Waals surface area contributed by atoms with Gasteiger partial charge < -0.3 is 5.32 Å². The number of hydrogen-bond acceptors (Lipinski definition) is 2. The molecule has 4 atom stereocenters. The zero-order valence-corrected chi connectivity index (χ0v) is 10.6. The van der Waals surface area contributed by atoms with Crippen molar-refractivity contribution >= 4 is 11.7 Å². The van der Waals surface area contributed by atoms with Crippen molar-refractivity contribution in [2.24, 2.45) is 29.6 Å². The average molecular weight is 245 g/mol. The number of nitrogens with zero attached hydrogens (tertiary/aromatic N) is 1. The summed E-state index contributed by atoms with van der Waals surface area (Å²) in [6, 6.07) is 0. The van der Waals surface area contributed by atoms with Crippen molar-refractivity contribution < 1.29 is 4.79 Å². The largest absolute Gasteiger partial charge is 0.311 e. The summed E-state index contributed by atoms with van der Waals surface area (Å²) in [5.74, 6) is 4.43. The molecule has 96 valence electrons. The second kappa shape index (κ2) is 3.59. The number of hydrogen-bond donors (Lipinski definition) is 2. The van der Waals surface area contributed by atoms with Gasteiger partial charge in [0.05, 0.1) is 6.20 Å². The first-order valence-electron chi connectivity index (χ1n) is 7.12. The first-order chi connectivity index (χ1) is 8.79. The molecule has 0 saturated heterocycles. The minimum Gasteiger partial charge on any atom is -0.311 e. The Morgan fingerprint density at radius 1 is 1.44 bits per heavy atom. The van der Waals surface area contributed by atoms with Crippen LogP contribution in [0.25, 0.3) is 0 Å². The van der Waals surface area contributed by atoms with Gasteiger partial charge in [-0.25, -0.2) is 0 Å². The Morgan fingerprint density at radius 2 is 2.17 bits per heavy atom. The van der Waals surface area contributed by atoms with Crippen LogP contribution in [0.2, 0.25) is 0 Å². The quantitative estimate of drug-likeness (QED) is 0.857. The second-order valence-electron chi connectivity index (χ2n) is 6.13. The maximum absolute atomic E-state index is 12.3. The number of carbonyl (C=O) groups is 1. The first kappa shape index (κ1) is 10.6. The Labute approximate surface area is 107 Å². The summed E-state index contributed by atoms with van der Waals surface area (Å²) in [6.07, 6.45) is 6.81. The molecular weight excluding hydrogens is 226 g/mol. The normalized spacial score (nSPS) is 39.7. The lowest BCUT2D eigenvalue weighted by atomic mass is 10.0. The molecule has 1 aromatic heterocycles. The lowest BCUT2D eigenvalue weighted by molar-refractivity contribution is -0.118. The third kappa shape index (κ3) is 1.32. The lowest BCUT2D eigenvalue weighted by Crippen LogP contribution is -2.19. The summed E-state index contributed by atoms with van der Waals surface area (Å²) in [4.78, 5) is 12.3. The number of nitrogens with one attached hydrogen (secondary N) is 2. The third-order valence-corrected chi connectivity index (χ3v) is 5.39. The van der Waals surface area contributed by atoms with Gasteiger partial charge in [0.1, 0.15) is 5.82 Å². The number of aryl methyl sites for hydroxylation is 1. The number of aromatic nitrogens is 2. The molecule has 4 unspecified atom stereocenters. The Kier molecular flexibility index (Phi) is 2.11. The second-order valence-corrected chi connectivity index (χ2v) is 6.13. The molecule has 1 aromatic rings. The highest BCUT2D eigenvalue weighted by atomic mass is 16.2. The highest BCUT2D eigenvalue weighted by molar-refractivity contribution is 5.95. The van der Waals surface area contributed by atoms with Gasteiger partial charge >= 0.3 is 0 Å². The molecule has 0 radical (unpaired) electrons. The van der Waals surface area contributed by atoms with E-state index in [1.807, 2.05) is 0 Å². The van der Waals surface area contributed by atoms with E-state index in [1.165, 1.54) is 19.3 Å². The van der Waals surface area contributed by atoms with Crippen LogP contribution < -0.4 is 5.32 Å². The van der Waals surface area contributed by atoms with Gasteiger partial charge in [-0.15, -0.1) is 0 Å². The highest BCUT2D eigenvalue weighted by Crippen LogP contribution is 2.69. The molecule has 0 spiro atoms. The van der Waals surface area contributed by atoms with Gasteiger partial charge in [0.15, 0.2) is 0 Å². The van der Waals surface area contributed by atoms with Gasteiger partial charge in [0, 0.05) is 11.5 Å². The Bertz CT molecular complexity index is 479. The van der Waals surface area contributed by atoms with Crippen molar-refractivity contribution in [3.05, 3.63) is 11.8 Å². The molecule has 3 aliphatic rings. The maximum atomic E-state index is 12.3. The van der Waals surface area contributed by atoms with Crippen molar-refractivity contribution in [1.82, 2.24) is 10.2 Å². The summed E-state index contributed by atoms with van der Waals surface area (Å²) in [5.41, 5.74) is 1.09. The molecular formula is C14H19N3O. The van der Waals surface area contributed by atoms with Crippen LogP contribution in [0.15, 0.2) is 6.20 Å². The number of fused-ring (bicyclic) bond motifs is 5. The summed E-state index contributed by atoms with van der Waals surface area (Å²) in [6.45, 7) is 2.08. The van der Waals surface area contributed by atoms with Crippen LogP contribution >= 0.6 is 0 Å². The molecule has 1 heterocycles. The molecule has 0 aromatic carbocycles. The molecule has 0 aliphatic heterocycles. The number of aromatic amines is 1. The van der Waals surface area contributed by atoms with E-state index in [4.69, 9.17) is 0 Å². The summed E-state index contributed by atoms with van der Waals surface area (Å²) in [5, 5.41) is 9.94. The molecule has 3 saturated carbocycles.